The van der Waals surface area contributed by atoms with E-state index in [1.807, 2.05) is 41.3 Å². The Morgan fingerprint density at radius 1 is 1.41 bits per heavy atom. The summed E-state index contributed by atoms with van der Waals surface area (Å²) in [6.07, 6.45) is 6.73. The van der Waals surface area contributed by atoms with E-state index in [0.717, 1.165) is 22.5 Å². The highest BCUT2D eigenvalue weighted by molar-refractivity contribution is 14.1. The van der Waals surface area contributed by atoms with Crippen molar-refractivity contribution in [1.29, 1.82) is 0 Å². The molecular weight excluding hydrogens is 347 g/mol. The highest BCUT2D eigenvalue weighted by atomic mass is 127. The summed E-state index contributed by atoms with van der Waals surface area (Å²) in [4.78, 5) is 18.9. The van der Waals surface area contributed by atoms with Crippen LogP contribution < -0.4 is 5.56 Å². The normalized spacial score (nSPS) is 17.3. The summed E-state index contributed by atoms with van der Waals surface area (Å²) < 4.78 is 0.703. The van der Waals surface area contributed by atoms with Gasteiger partial charge in [0.15, 0.2) is 0 Å². The number of nitrogens with one attached hydrogen (secondary N) is 1. The van der Waals surface area contributed by atoms with Gasteiger partial charge in [0.1, 0.15) is 5.82 Å². The molecule has 2 rings (SSSR count). The van der Waals surface area contributed by atoms with E-state index in [9.17, 15) is 4.79 Å². The highest BCUT2D eigenvalue weighted by Gasteiger charge is 2.14. The maximum Gasteiger partial charge on any atom is 0.264 e. The number of thioether (sulfide) groups is 1. The molecule has 0 unspecified atom stereocenters. The van der Waals surface area contributed by atoms with E-state index in [1.165, 1.54) is 32.1 Å². The molecule has 0 amide bonds. The smallest absolute Gasteiger partial charge is 0.264 e. The molecule has 0 atom stereocenters. The molecule has 0 saturated heterocycles. The molecule has 1 aromatic rings. The lowest BCUT2D eigenvalue weighted by molar-refractivity contribution is 0.516. The first-order valence-corrected chi connectivity index (χ1v) is 8.16. The minimum atomic E-state index is -0.00246. The van der Waals surface area contributed by atoms with Gasteiger partial charge in [0.2, 0.25) is 0 Å². The van der Waals surface area contributed by atoms with E-state index in [-0.39, 0.29) is 5.56 Å². The Bertz CT molecular complexity index is 441. The zero-order valence-corrected chi connectivity index (χ0v) is 12.9. The van der Waals surface area contributed by atoms with Crippen molar-refractivity contribution in [3.63, 3.8) is 0 Å². The number of halogens is 1. The van der Waals surface area contributed by atoms with E-state index >= 15 is 0 Å². The third-order valence-corrected chi connectivity index (χ3v) is 5.74. The van der Waals surface area contributed by atoms with Crippen LogP contribution in [-0.2, 0) is 5.75 Å². The van der Waals surface area contributed by atoms with E-state index in [2.05, 4.69) is 9.97 Å². The molecule has 0 radical (unpaired) electrons. The molecule has 1 aliphatic carbocycles. The van der Waals surface area contributed by atoms with Crippen LogP contribution in [0.1, 0.15) is 43.6 Å². The van der Waals surface area contributed by atoms with Crippen molar-refractivity contribution in [2.24, 2.45) is 0 Å². The number of nitrogens with zero attached hydrogens (tertiary/aromatic N) is 1. The zero-order valence-electron chi connectivity index (χ0n) is 9.96. The van der Waals surface area contributed by atoms with Gasteiger partial charge in [-0.1, -0.05) is 19.3 Å². The number of aromatic nitrogens is 2. The Hall–Kier alpha value is -0.0400. The SMILES string of the molecule is Cc1nc(CSC2CCCCC2)[nH]c(=O)c1I. The fourth-order valence-corrected chi connectivity index (χ4v) is 3.58. The largest absolute Gasteiger partial charge is 0.309 e. The van der Waals surface area contributed by atoms with Crippen LogP contribution >= 0.6 is 34.4 Å². The average Bonchev–Trinajstić information content (AvgIpc) is 2.34. The number of aromatic amines is 1. The number of aryl methyl sites for hydroxylation is 1. The molecule has 1 fully saturated rings. The Labute approximate surface area is 119 Å². The molecule has 1 aliphatic rings. The number of rotatable bonds is 3. The van der Waals surface area contributed by atoms with E-state index in [4.69, 9.17) is 0 Å². The number of H-pyrrole nitrogens is 1. The topological polar surface area (TPSA) is 45.8 Å². The van der Waals surface area contributed by atoms with Gasteiger partial charge in [-0.15, -0.1) is 0 Å². The van der Waals surface area contributed by atoms with E-state index in [0.29, 0.717) is 3.57 Å². The quantitative estimate of drug-likeness (QED) is 0.838. The van der Waals surface area contributed by atoms with Gasteiger partial charge in [0, 0.05) is 5.25 Å². The maximum absolute atomic E-state index is 11.6. The molecular formula is C12H17IN2OS. The van der Waals surface area contributed by atoms with E-state index in [1.54, 1.807) is 0 Å². The predicted octanol–water partition coefficient (Wildman–Crippen LogP) is 3.25. The van der Waals surface area contributed by atoms with Crippen molar-refractivity contribution in [2.45, 2.75) is 50.0 Å². The van der Waals surface area contributed by atoms with Crippen molar-refractivity contribution in [2.75, 3.05) is 0 Å². The van der Waals surface area contributed by atoms with Gasteiger partial charge in [-0.05, 0) is 42.4 Å². The molecule has 0 bridgehead atoms. The van der Waals surface area contributed by atoms with E-state index < -0.39 is 0 Å². The Morgan fingerprint density at radius 3 is 2.76 bits per heavy atom. The van der Waals surface area contributed by atoms with Gasteiger partial charge in [0.25, 0.3) is 5.56 Å². The van der Waals surface area contributed by atoms with Crippen molar-refractivity contribution >= 4 is 34.4 Å². The molecule has 1 saturated carbocycles. The summed E-state index contributed by atoms with van der Waals surface area (Å²) in [5, 5.41) is 0.758. The van der Waals surface area contributed by atoms with Crippen molar-refractivity contribution in [1.82, 2.24) is 9.97 Å². The molecule has 3 nitrogen and oxygen atoms in total. The van der Waals surface area contributed by atoms with Gasteiger partial charge in [-0.25, -0.2) is 4.98 Å². The summed E-state index contributed by atoms with van der Waals surface area (Å²) in [6.45, 7) is 1.89. The Balaban J connectivity index is 1.96. The number of hydrogen-bond donors (Lipinski definition) is 1. The summed E-state index contributed by atoms with van der Waals surface area (Å²) in [6, 6.07) is 0. The first-order valence-electron chi connectivity index (χ1n) is 6.03. The van der Waals surface area contributed by atoms with Gasteiger partial charge >= 0.3 is 0 Å². The second kappa shape index (κ2) is 6.22. The van der Waals surface area contributed by atoms with Crippen molar-refractivity contribution in [3.8, 4) is 0 Å². The van der Waals surface area contributed by atoms with Crippen molar-refractivity contribution in [3.05, 3.63) is 25.4 Å². The molecule has 0 aromatic carbocycles. The lowest BCUT2D eigenvalue weighted by atomic mass is 10.0. The van der Waals surface area contributed by atoms with Crippen LogP contribution in [0.3, 0.4) is 0 Å². The lowest BCUT2D eigenvalue weighted by Gasteiger charge is -2.20. The highest BCUT2D eigenvalue weighted by Crippen LogP contribution is 2.29. The van der Waals surface area contributed by atoms with Gasteiger partial charge in [0.05, 0.1) is 15.0 Å². The summed E-state index contributed by atoms with van der Waals surface area (Å²) in [5.41, 5.74) is 0.839. The first kappa shape index (κ1) is 13.4. The summed E-state index contributed by atoms with van der Waals surface area (Å²) >= 11 is 3.98. The van der Waals surface area contributed by atoms with Crippen LogP contribution in [0.2, 0.25) is 0 Å². The molecule has 17 heavy (non-hydrogen) atoms. The molecule has 0 aliphatic heterocycles. The molecule has 1 heterocycles. The average molecular weight is 364 g/mol. The van der Waals surface area contributed by atoms with Crippen LogP contribution in [-0.4, -0.2) is 15.2 Å². The molecule has 1 N–H and O–H groups in total. The fraction of sp³-hybridized carbons (Fsp3) is 0.667. The minimum absolute atomic E-state index is 0.00246. The third-order valence-electron chi connectivity index (χ3n) is 3.09. The van der Waals surface area contributed by atoms with Crippen LogP contribution in [0.4, 0.5) is 0 Å². The molecule has 1 aromatic heterocycles. The first-order chi connectivity index (χ1) is 8.16. The van der Waals surface area contributed by atoms with Gasteiger partial charge in [-0.3, -0.25) is 4.79 Å². The Morgan fingerprint density at radius 2 is 2.12 bits per heavy atom. The standard InChI is InChI=1S/C12H17IN2OS/c1-8-11(13)12(16)15-10(14-8)7-17-9-5-3-2-4-6-9/h9H,2-7H2,1H3,(H,14,15,16). The van der Waals surface area contributed by atoms with Gasteiger partial charge < -0.3 is 4.98 Å². The van der Waals surface area contributed by atoms with Crippen LogP contribution in [0.15, 0.2) is 4.79 Å². The third kappa shape index (κ3) is 3.71. The molecule has 0 spiro atoms. The van der Waals surface area contributed by atoms with Crippen LogP contribution in [0, 0.1) is 10.5 Å². The molecule has 5 heteroatoms. The van der Waals surface area contributed by atoms with Gasteiger partial charge in [-0.2, -0.15) is 11.8 Å². The Kier molecular flexibility index (Phi) is 4.90. The minimum Gasteiger partial charge on any atom is -0.309 e. The summed E-state index contributed by atoms with van der Waals surface area (Å²) in [7, 11) is 0. The summed E-state index contributed by atoms with van der Waals surface area (Å²) in [5.74, 6) is 1.65. The fourth-order valence-electron chi connectivity index (χ4n) is 2.13. The van der Waals surface area contributed by atoms with Crippen LogP contribution in [0.5, 0.6) is 0 Å². The maximum atomic E-state index is 11.6. The second-order valence-corrected chi connectivity index (χ2v) is 6.85. The molecule has 94 valence electrons. The van der Waals surface area contributed by atoms with Crippen molar-refractivity contribution < 1.29 is 0 Å². The predicted molar refractivity (Wildman–Crippen MR) is 80.5 cm³/mol. The van der Waals surface area contributed by atoms with Crippen LogP contribution in [0.25, 0.3) is 0 Å². The second-order valence-electron chi connectivity index (χ2n) is 4.48. The zero-order chi connectivity index (χ0) is 12.3. The monoisotopic (exact) mass is 364 g/mol. The number of hydrogen-bond acceptors (Lipinski definition) is 3. The lowest BCUT2D eigenvalue weighted by Crippen LogP contribution is -2.17.